The van der Waals surface area contributed by atoms with E-state index in [0.29, 0.717) is 33.5 Å². The lowest BCUT2D eigenvalue weighted by atomic mass is 10.2. The number of rotatable bonds is 5. The van der Waals surface area contributed by atoms with E-state index in [9.17, 15) is 4.79 Å². The monoisotopic (exact) mass is 440 g/mol. The number of aromatic nitrogens is 1. The number of amides is 1. The Bertz CT molecular complexity index is 1420. The van der Waals surface area contributed by atoms with Gasteiger partial charge in [-0.25, -0.2) is 4.98 Å². The predicted octanol–water partition coefficient (Wildman–Crippen LogP) is 7.06. The molecule has 2 aromatic heterocycles. The molecule has 156 valence electrons. The van der Waals surface area contributed by atoms with Gasteiger partial charge in [0.05, 0.1) is 0 Å². The first kappa shape index (κ1) is 19.8. The zero-order valence-electron chi connectivity index (χ0n) is 16.8. The van der Waals surface area contributed by atoms with Crippen LogP contribution in [0.25, 0.3) is 40.0 Å². The highest BCUT2D eigenvalue weighted by molar-refractivity contribution is 6.31. The molecular formula is C26H17ClN2O3. The number of carbonyl (C=O) groups is 1. The SMILES string of the molecule is O=C(/C=C/c1ccc(-c2ccccc2)o1)Nc1ccc(-c2nc3cc(Cl)ccc3o2)cc1. The van der Waals surface area contributed by atoms with Crippen LogP contribution in [0.5, 0.6) is 0 Å². The molecule has 0 fully saturated rings. The number of benzene rings is 3. The number of furan rings is 1. The molecule has 5 rings (SSSR count). The summed E-state index contributed by atoms with van der Waals surface area (Å²) in [7, 11) is 0. The number of nitrogens with one attached hydrogen (secondary N) is 1. The molecule has 32 heavy (non-hydrogen) atoms. The van der Waals surface area contributed by atoms with Crippen molar-refractivity contribution in [3.8, 4) is 22.8 Å². The van der Waals surface area contributed by atoms with E-state index in [4.69, 9.17) is 20.4 Å². The van der Waals surface area contributed by atoms with Crippen molar-refractivity contribution in [3.05, 3.63) is 102 Å². The van der Waals surface area contributed by atoms with Gasteiger partial charge in [0.2, 0.25) is 11.8 Å². The Hall–Kier alpha value is -4.09. The molecule has 0 bridgehead atoms. The first-order valence-electron chi connectivity index (χ1n) is 9.95. The molecule has 0 aliphatic heterocycles. The van der Waals surface area contributed by atoms with E-state index >= 15 is 0 Å². The van der Waals surface area contributed by atoms with Crippen molar-refractivity contribution in [2.45, 2.75) is 0 Å². The van der Waals surface area contributed by atoms with E-state index in [2.05, 4.69) is 10.3 Å². The fourth-order valence-electron chi connectivity index (χ4n) is 3.26. The zero-order chi connectivity index (χ0) is 21.9. The fraction of sp³-hybridized carbons (Fsp3) is 0. The van der Waals surface area contributed by atoms with Crippen LogP contribution in [-0.4, -0.2) is 10.9 Å². The molecule has 1 N–H and O–H groups in total. The van der Waals surface area contributed by atoms with Crippen molar-refractivity contribution in [2.24, 2.45) is 0 Å². The molecule has 2 heterocycles. The summed E-state index contributed by atoms with van der Waals surface area (Å²) in [6, 6.07) is 26.1. The third-order valence-corrected chi connectivity index (χ3v) is 5.07. The van der Waals surface area contributed by atoms with Gasteiger partial charge in [0, 0.05) is 27.9 Å². The molecule has 0 aliphatic carbocycles. The number of carbonyl (C=O) groups excluding carboxylic acids is 1. The molecule has 0 aliphatic rings. The van der Waals surface area contributed by atoms with Crippen LogP contribution in [0.15, 0.2) is 99.8 Å². The average molecular weight is 441 g/mol. The lowest BCUT2D eigenvalue weighted by molar-refractivity contribution is -0.111. The van der Waals surface area contributed by atoms with Gasteiger partial charge < -0.3 is 14.2 Å². The third kappa shape index (κ3) is 4.33. The van der Waals surface area contributed by atoms with Crippen LogP contribution < -0.4 is 5.32 Å². The summed E-state index contributed by atoms with van der Waals surface area (Å²) in [5.74, 6) is 1.59. The second kappa shape index (κ2) is 8.57. The molecule has 3 aromatic carbocycles. The molecule has 0 spiro atoms. The predicted molar refractivity (Wildman–Crippen MR) is 126 cm³/mol. The molecule has 5 aromatic rings. The fourth-order valence-corrected chi connectivity index (χ4v) is 3.43. The van der Waals surface area contributed by atoms with Crippen molar-refractivity contribution in [3.63, 3.8) is 0 Å². The summed E-state index contributed by atoms with van der Waals surface area (Å²) in [5, 5.41) is 3.43. The molecule has 0 saturated carbocycles. The van der Waals surface area contributed by atoms with Crippen molar-refractivity contribution in [2.75, 3.05) is 5.32 Å². The number of halogens is 1. The minimum atomic E-state index is -0.257. The summed E-state index contributed by atoms with van der Waals surface area (Å²) in [4.78, 5) is 16.7. The average Bonchev–Trinajstić information content (AvgIpc) is 3.46. The van der Waals surface area contributed by atoms with Crippen LogP contribution >= 0.6 is 11.6 Å². The molecule has 0 radical (unpaired) electrons. The summed E-state index contributed by atoms with van der Waals surface area (Å²) in [5.41, 5.74) is 3.81. The Labute approximate surface area is 189 Å². The summed E-state index contributed by atoms with van der Waals surface area (Å²) in [6.07, 6.45) is 3.08. The van der Waals surface area contributed by atoms with Gasteiger partial charge in [0.25, 0.3) is 0 Å². The normalized spacial score (nSPS) is 11.3. The minimum Gasteiger partial charge on any atom is -0.457 e. The number of anilines is 1. The molecular weight excluding hydrogens is 424 g/mol. The van der Waals surface area contributed by atoms with Gasteiger partial charge in [-0.2, -0.15) is 0 Å². The Morgan fingerprint density at radius 3 is 2.50 bits per heavy atom. The van der Waals surface area contributed by atoms with Crippen LogP contribution in [0.3, 0.4) is 0 Å². The van der Waals surface area contributed by atoms with Gasteiger partial charge in [0.1, 0.15) is 17.0 Å². The van der Waals surface area contributed by atoms with Gasteiger partial charge >= 0.3 is 0 Å². The summed E-state index contributed by atoms with van der Waals surface area (Å²) in [6.45, 7) is 0. The van der Waals surface area contributed by atoms with E-state index in [-0.39, 0.29) is 5.91 Å². The van der Waals surface area contributed by atoms with Crippen molar-refractivity contribution in [1.29, 1.82) is 0 Å². The number of fused-ring (bicyclic) bond motifs is 1. The largest absolute Gasteiger partial charge is 0.457 e. The van der Waals surface area contributed by atoms with Crippen LogP contribution in [0.1, 0.15) is 5.76 Å². The van der Waals surface area contributed by atoms with E-state index in [1.54, 1.807) is 36.4 Å². The molecule has 1 amide bonds. The van der Waals surface area contributed by atoms with E-state index in [0.717, 1.165) is 16.9 Å². The molecule has 0 saturated heterocycles. The number of nitrogens with zero attached hydrogens (tertiary/aromatic N) is 1. The Balaban J connectivity index is 1.24. The topological polar surface area (TPSA) is 68.3 Å². The number of hydrogen-bond donors (Lipinski definition) is 1. The quantitative estimate of drug-likeness (QED) is 0.297. The maximum absolute atomic E-state index is 12.3. The van der Waals surface area contributed by atoms with E-state index < -0.39 is 0 Å². The van der Waals surface area contributed by atoms with E-state index in [1.807, 2.05) is 54.6 Å². The molecule has 6 heteroatoms. The van der Waals surface area contributed by atoms with Gasteiger partial charge in [0.15, 0.2) is 5.58 Å². The van der Waals surface area contributed by atoms with Gasteiger partial charge in [-0.1, -0.05) is 41.9 Å². The highest BCUT2D eigenvalue weighted by Gasteiger charge is 2.09. The maximum Gasteiger partial charge on any atom is 0.248 e. The minimum absolute atomic E-state index is 0.257. The van der Waals surface area contributed by atoms with Crippen LogP contribution in [0.2, 0.25) is 5.02 Å². The van der Waals surface area contributed by atoms with Gasteiger partial charge in [-0.05, 0) is 60.7 Å². The number of oxazole rings is 1. The highest BCUT2D eigenvalue weighted by Crippen LogP contribution is 2.27. The van der Waals surface area contributed by atoms with Gasteiger partial charge in [-0.3, -0.25) is 4.79 Å². The smallest absolute Gasteiger partial charge is 0.248 e. The standard InChI is InChI=1S/C26H17ClN2O3/c27-19-8-13-24-22(16-19)29-26(32-24)18-6-9-20(10-7-18)28-25(30)15-12-21-11-14-23(31-21)17-4-2-1-3-5-17/h1-16H,(H,28,30)/b15-12+. The maximum atomic E-state index is 12.3. The Kier molecular flexibility index (Phi) is 5.32. The second-order valence-corrected chi connectivity index (χ2v) is 7.54. The lowest BCUT2D eigenvalue weighted by Crippen LogP contribution is -2.07. The third-order valence-electron chi connectivity index (χ3n) is 4.83. The van der Waals surface area contributed by atoms with E-state index in [1.165, 1.54) is 6.08 Å². The molecule has 5 nitrogen and oxygen atoms in total. The second-order valence-electron chi connectivity index (χ2n) is 7.10. The van der Waals surface area contributed by atoms with Crippen molar-refractivity contribution in [1.82, 2.24) is 4.98 Å². The first-order chi connectivity index (χ1) is 15.6. The summed E-state index contributed by atoms with van der Waals surface area (Å²) < 4.78 is 11.5. The molecule has 0 unspecified atom stereocenters. The number of hydrogen-bond acceptors (Lipinski definition) is 4. The summed E-state index contributed by atoms with van der Waals surface area (Å²) >= 11 is 6.00. The van der Waals surface area contributed by atoms with Crippen LogP contribution in [0.4, 0.5) is 5.69 Å². The highest BCUT2D eigenvalue weighted by atomic mass is 35.5. The lowest BCUT2D eigenvalue weighted by Gasteiger charge is -2.02. The van der Waals surface area contributed by atoms with Crippen molar-refractivity contribution >= 4 is 40.4 Å². The first-order valence-corrected chi connectivity index (χ1v) is 10.3. The van der Waals surface area contributed by atoms with Crippen molar-refractivity contribution < 1.29 is 13.6 Å². The van der Waals surface area contributed by atoms with Crippen LogP contribution in [0, 0.1) is 0 Å². The Morgan fingerprint density at radius 1 is 0.875 bits per heavy atom. The molecule has 0 atom stereocenters. The Morgan fingerprint density at radius 2 is 1.69 bits per heavy atom. The van der Waals surface area contributed by atoms with Gasteiger partial charge in [-0.15, -0.1) is 0 Å². The zero-order valence-corrected chi connectivity index (χ0v) is 17.5. The van der Waals surface area contributed by atoms with Crippen LogP contribution in [-0.2, 0) is 4.79 Å².